The molecule has 0 aliphatic carbocycles. The van der Waals surface area contributed by atoms with Crippen LogP contribution in [0.15, 0.2) is 66.9 Å². The second-order valence-electron chi connectivity index (χ2n) is 6.02. The molecule has 2 aromatic carbocycles. The molecule has 1 aliphatic rings. The van der Waals surface area contributed by atoms with Gasteiger partial charge in [-0.15, -0.1) is 0 Å². The Labute approximate surface area is 146 Å². The summed E-state index contributed by atoms with van der Waals surface area (Å²) in [4.78, 5) is 12.9. The lowest BCUT2D eigenvalue weighted by atomic mass is 9.98. The molecule has 0 bridgehead atoms. The number of fused-ring (bicyclic) bond motifs is 1. The van der Waals surface area contributed by atoms with Crippen molar-refractivity contribution < 1.29 is 9.53 Å². The van der Waals surface area contributed by atoms with Crippen LogP contribution in [0.2, 0.25) is 0 Å². The number of ether oxygens (including phenoxy) is 1. The predicted molar refractivity (Wildman–Crippen MR) is 94.5 cm³/mol. The molecule has 3 aromatic rings. The summed E-state index contributed by atoms with van der Waals surface area (Å²) in [6.45, 7) is 1.40. The van der Waals surface area contributed by atoms with Gasteiger partial charge >= 0.3 is 0 Å². The number of carbonyl (C=O) groups is 1. The van der Waals surface area contributed by atoms with Crippen molar-refractivity contribution in [2.75, 3.05) is 6.61 Å². The second kappa shape index (κ2) is 6.81. The van der Waals surface area contributed by atoms with Crippen LogP contribution in [0.3, 0.4) is 0 Å². The van der Waals surface area contributed by atoms with Crippen LogP contribution < -0.4 is 10.1 Å². The molecule has 1 amide bonds. The first-order valence-electron chi connectivity index (χ1n) is 8.42. The first-order chi connectivity index (χ1) is 12.3. The fourth-order valence-electron chi connectivity index (χ4n) is 3.08. The molecule has 25 heavy (non-hydrogen) atoms. The largest absolute Gasteiger partial charge is 0.477 e. The summed E-state index contributed by atoms with van der Waals surface area (Å²) >= 11 is 0. The molecule has 1 aromatic heterocycles. The summed E-state index contributed by atoms with van der Waals surface area (Å²) in [6, 6.07) is 19.7. The maximum atomic E-state index is 12.9. The van der Waals surface area contributed by atoms with E-state index in [1.165, 1.54) is 0 Å². The number of nitrogens with one attached hydrogen (secondary N) is 1. The van der Waals surface area contributed by atoms with Gasteiger partial charge in [-0.25, -0.2) is 4.68 Å². The van der Waals surface area contributed by atoms with Gasteiger partial charge in [0.2, 0.25) is 5.88 Å². The van der Waals surface area contributed by atoms with E-state index in [9.17, 15) is 4.79 Å². The van der Waals surface area contributed by atoms with E-state index < -0.39 is 0 Å². The van der Waals surface area contributed by atoms with E-state index in [0.29, 0.717) is 18.1 Å². The van der Waals surface area contributed by atoms with Gasteiger partial charge in [0.05, 0.1) is 18.8 Å². The monoisotopic (exact) mass is 333 g/mol. The number of rotatable bonds is 4. The molecule has 0 saturated heterocycles. The quantitative estimate of drug-likeness (QED) is 0.798. The molecule has 1 N–H and O–H groups in total. The van der Waals surface area contributed by atoms with Crippen LogP contribution in [0, 0.1) is 0 Å². The van der Waals surface area contributed by atoms with E-state index >= 15 is 0 Å². The molecule has 0 atom stereocenters. The summed E-state index contributed by atoms with van der Waals surface area (Å²) in [5.74, 6) is 0.379. The Morgan fingerprint density at radius 1 is 1.04 bits per heavy atom. The van der Waals surface area contributed by atoms with Gasteiger partial charge in [-0.05, 0) is 11.1 Å². The fourth-order valence-corrected chi connectivity index (χ4v) is 3.08. The molecule has 5 nitrogen and oxygen atoms in total. The van der Waals surface area contributed by atoms with Crippen LogP contribution in [0.4, 0.5) is 0 Å². The number of aryl methyl sites for hydroxylation is 1. The first-order valence-corrected chi connectivity index (χ1v) is 8.42. The normalized spacial score (nSPS) is 13.2. The van der Waals surface area contributed by atoms with E-state index in [0.717, 1.165) is 24.1 Å². The molecular weight excluding hydrogens is 314 g/mol. The third-order valence-electron chi connectivity index (χ3n) is 4.33. The lowest BCUT2D eigenvalue weighted by Crippen LogP contribution is -2.30. The van der Waals surface area contributed by atoms with Crippen LogP contribution in [0.5, 0.6) is 5.88 Å². The Balaban J connectivity index is 1.65. The average Bonchev–Trinajstić information content (AvgIpc) is 3.11. The number of nitrogens with zero attached hydrogens (tertiary/aromatic N) is 2. The van der Waals surface area contributed by atoms with E-state index in [1.54, 1.807) is 10.9 Å². The lowest BCUT2D eigenvalue weighted by Gasteiger charge is -2.21. The molecule has 0 radical (unpaired) electrons. The van der Waals surface area contributed by atoms with Crippen molar-refractivity contribution in [2.24, 2.45) is 0 Å². The van der Waals surface area contributed by atoms with E-state index in [-0.39, 0.29) is 11.9 Å². The molecule has 0 unspecified atom stereocenters. The number of hydrogen-bond donors (Lipinski definition) is 1. The summed E-state index contributed by atoms with van der Waals surface area (Å²) in [6.07, 6.45) is 2.50. The van der Waals surface area contributed by atoms with Gasteiger partial charge in [0.25, 0.3) is 5.91 Å². The standard InChI is InChI=1S/C20H19N3O2/c24-19(17-14-21-23-12-7-13-25-20(17)23)22-18(15-8-3-1-4-9-15)16-10-5-2-6-11-16/h1-6,8-11,14,18H,7,12-13H2,(H,22,24). The Bertz CT molecular complexity index is 820. The third kappa shape index (κ3) is 3.13. The van der Waals surface area contributed by atoms with Crippen LogP contribution in [0.25, 0.3) is 0 Å². The molecule has 4 rings (SSSR count). The zero-order chi connectivity index (χ0) is 17.1. The van der Waals surface area contributed by atoms with Crippen molar-refractivity contribution in [1.29, 1.82) is 0 Å². The Morgan fingerprint density at radius 2 is 1.68 bits per heavy atom. The van der Waals surface area contributed by atoms with Gasteiger partial charge in [-0.1, -0.05) is 60.7 Å². The molecular formula is C20H19N3O2. The summed E-state index contributed by atoms with van der Waals surface area (Å²) in [5, 5.41) is 7.39. The number of benzene rings is 2. The lowest BCUT2D eigenvalue weighted by molar-refractivity contribution is 0.0936. The van der Waals surface area contributed by atoms with Crippen LogP contribution in [-0.4, -0.2) is 22.3 Å². The maximum absolute atomic E-state index is 12.9. The first kappa shape index (κ1) is 15.4. The van der Waals surface area contributed by atoms with Gasteiger partial charge < -0.3 is 10.1 Å². The fraction of sp³-hybridized carbons (Fsp3) is 0.200. The van der Waals surface area contributed by atoms with Crippen LogP contribution in [0.1, 0.15) is 33.9 Å². The second-order valence-corrected chi connectivity index (χ2v) is 6.02. The van der Waals surface area contributed by atoms with Gasteiger partial charge in [-0.2, -0.15) is 5.10 Å². The highest BCUT2D eigenvalue weighted by molar-refractivity contribution is 5.96. The molecule has 126 valence electrons. The minimum Gasteiger partial charge on any atom is -0.477 e. The van der Waals surface area contributed by atoms with E-state index in [4.69, 9.17) is 4.74 Å². The van der Waals surface area contributed by atoms with Crippen LogP contribution in [-0.2, 0) is 6.54 Å². The minimum atomic E-state index is -0.228. The highest BCUT2D eigenvalue weighted by atomic mass is 16.5. The van der Waals surface area contributed by atoms with Gasteiger partial charge in [0.15, 0.2) is 0 Å². The van der Waals surface area contributed by atoms with Gasteiger partial charge in [0, 0.05) is 13.0 Å². The topological polar surface area (TPSA) is 56.2 Å². The van der Waals surface area contributed by atoms with Crippen molar-refractivity contribution in [3.63, 3.8) is 0 Å². The van der Waals surface area contributed by atoms with Crippen molar-refractivity contribution >= 4 is 5.91 Å². The van der Waals surface area contributed by atoms with Crippen molar-refractivity contribution in [3.05, 3.63) is 83.6 Å². The molecule has 0 fully saturated rings. The van der Waals surface area contributed by atoms with E-state index in [1.807, 2.05) is 60.7 Å². The van der Waals surface area contributed by atoms with Crippen LogP contribution >= 0.6 is 0 Å². The zero-order valence-electron chi connectivity index (χ0n) is 13.8. The number of amides is 1. The highest BCUT2D eigenvalue weighted by Gasteiger charge is 2.24. The number of aromatic nitrogens is 2. The molecule has 5 heteroatoms. The molecule has 2 heterocycles. The van der Waals surface area contributed by atoms with E-state index in [2.05, 4.69) is 10.4 Å². The maximum Gasteiger partial charge on any atom is 0.259 e. The highest BCUT2D eigenvalue weighted by Crippen LogP contribution is 2.26. The Morgan fingerprint density at radius 3 is 2.32 bits per heavy atom. The summed E-state index contributed by atoms with van der Waals surface area (Å²) < 4.78 is 7.40. The smallest absolute Gasteiger partial charge is 0.259 e. The minimum absolute atomic E-state index is 0.180. The zero-order valence-corrected chi connectivity index (χ0v) is 13.8. The predicted octanol–water partition coefficient (Wildman–Crippen LogP) is 3.19. The number of hydrogen-bond acceptors (Lipinski definition) is 3. The van der Waals surface area contributed by atoms with Gasteiger partial charge in [-0.3, -0.25) is 4.79 Å². The molecule has 0 spiro atoms. The SMILES string of the molecule is O=C(NC(c1ccccc1)c1ccccc1)c1cnn2c1OCCC2. The number of carbonyl (C=O) groups excluding carboxylic acids is 1. The summed E-state index contributed by atoms with van der Waals surface area (Å²) in [7, 11) is 0. The third-order valence-corrected chi connectivity index (χ3v) is 4.33. The molecule has 1 aliphatic heterocycles. The van der Waals surface area contributed by atoms with Crippen molar-refractivity contribution in [1.82, 2.24) is 15.1 Å². The van der Waals surface area contributed by atoms with Gasteiger partial charge in [0.1, 0.15) is 5.56 Å². The molecule has 0 saturated carbocycles. The average molecular weight is 333 g/mol. The summed E-state index contributed by atoms with van der Waals surface area (Å²) in [5.41, 5.74) is 2.55. The van der Waals surface area contributed by atoms with Crippen molar-refractivity contribution in [2.45, 2.75) is 19.0 Å². The Hall–Kier alpha value is -3.08. The Kier molecular flexibility index (Phi) is 4.21. The van der Waals surface area contributed by atoms with Crippen molar-refractivity contribution in [3.8, 4) is 5.88 Å².